The molecule has 0 unspecified atom stereocenters. The van der Waals surface area contributed by atoms with Gasteiger partial charge in [0.05, 0.1) is 23.7 Å². The minimum absolute atomic E-state index is 0.111. The van der Waals surface area contributed by atoms with Gasteiger partial charge in [0, 0.05) is 17.7 Å². The molecule has 1 aliphatic carbocycles. The summed E-state index contributed by atoms with van der Waals surface area (Å²) >= 11 is 0. The van der Waals surface area contributed by atoms with Crippen molar-refractivity contribution in [3.63, 3.8) is 0 Å². The Kier molecular flexibility index (Phi) is 5.06. The van der Waals surface area contributed by atoms with E-state index in [9.17, 15) is 4.79 Å². The molecule has 0 aliphatic heterocycles. The lowest BCUT2D eigenvalue weighted by molar-refractivity contribution is 0.0948. The number of aromatic nitrogens is 3. The summed E-state index contributed by atoms with van der Waals surface area (Å²) in [5.41, 5.74) is 2.42. The van der Waals surface area contributed by atoms with Crippen molar-refractivity contribution in [3.05, 3.63) is 66.0 Å². The maximum atomic E-state index is 13.0. The molecule has 0 radical (unpaired) electrons. The number of amides is 1. The average molecular weight is 415 g/mol. The van der Waals surface area contributed by atoms with Crippen LogP contribution in [0.25, 0.3) is 21.8 Å². The van der Waals surface area contributed by atoms with Gasteiger partial charge in [0.2, 0.25) is 0 Å². The van der Waals surface area contributed by atoms with E-state index < -0.39 is 0 Å². The fraction of sp³-hybridized carbons (Fsp3) is 0.320. The maximum Gasteiger partial charge on any atom is 0.252 e. The molecule has 1 amide bonds. The lowest BCUT2D eigenvalue weighted by atomic mass is 10.1. The Hall–Kier alpha value is -3.41. The van der Waals surface area contributed by atoms with Crippen LogP contribution in [0.5, 0.6) is 5.75 Å². The first-order chi connectivity index (χ1) is 15.1. The number of hydrogen-bond acceptors (Lipinski definition) is 4. The summed E-state index contributed by atoms with van der Waals surface area (Å²) in [4.78, 5) is 17.8. The van der Waals surface area contributed by atoms with Crippen LogP contribution in [-0.2, 0) is 0 Å². The predicted molar refractivity (Wildman–Crippen MR) is 122 cm³/mol. The summed E-state index contributed by atoms with van der Waals surface area (Å²) in [6, 6.07) is 16.3. The standard InChI is InChI=1S/C25H26N4O2/c1-16(2)29-24-22(15-27-29)21(14-23(28-24)18-7-8-18)25(30)26-11-12-31-20-10-9-17-5-3-4-6-19(17)13-20/h3-6,9-10,13-16,18H,7-8,11-12H2,1-2H3,(H,26,30). The Bertz CT molecular complexity index is 1260. The van der Waals surface area contributed by atoms with E-state index >= 15 is 0 Å². The van der Waals surface area contributed by atoms with Crippen LogP contribution < -0.4 is 10.1 Å². The molecular weight excluding hydrogens is 388 g/mol. The van der Waals surface area contributed by atoms with Crippen molar-refractivity contribution in [2.75, 3.05) is 13.2 Å². The molecule has 6 heteroatoms. The molecule has 2 heterocycles. The molecule has 31 heavy (non-hydrogen) atoms. The number of nitrogens with one attached hydrogen (secondary N) is 1. The van der Waals surface area contributed by atoms with Crippen molar-refractivity contribution in [3.8, 4) is 5.75 Å². The number of carbonyl (C=O) groups excluding carboxylic acids is 1. The molecule has 0 saturated heterocycles. The Morgan fingerprint density at radius 2 is 1.97 bits per heavy atom. The molecule has 5 rings (SSSR count). The molecule has 2 aromatic heterocycles. The number of fused-ring (bicyclic) bond motifs is 2. The van der Waals surface area contributed by atoms with Gasteiger partial charge in [-0.1, -0.05) is 30.3 Å². The highest BCUT2D eigenvalue weighted by atomic mass is 16.5. The molecule has 2 aromatic carbocycles. The summed E-state index contributed by atoms with van der Waals surface area (Å²) in [7, 11) is 0. The first-order valence-electron chi connectivity index (χ1n) is 10.9. The summed E-state index contributed by atoms with van der Waals surface area (Å²) in [5, 5.41) is 10.6. The second-order valence-corrected chi connectivity index (χ2v) is 8.40. The smallest absolute Gasteiger partial charge is 0.252 e. The van der Waals surface area contributed by atoms with Crippen molar-refractivity contribution in [1.29, 1.82) is 0 Å². The van der Waals surface area contributed by atoms with Gasteiger partial charge in [0.1, 0.15) is 12.4 Å². The topological polar surface area (TPSA) is 69.0 Å². The summed E-state index contributed by atoms with van der Waals surface area (Å²) < 4.78 is 7.74. The monoisotopic (exact) mass is 414 g/mol. The fourth-order valence-electron chi connectivity index (χ4n) is 3.88. The highest BCUT2D eigenvalue weighted by Gasteiger charge is 2.28. The zero-order valence-electron chi connectivity index (χ0n) is 17.8. The van der Waals surface area contributed by atoms with Gasteiger partial charge < -0.3 is 10.1 Å². The SMILES string of the molecule is CC(C)n1ncc2c(C(=O)NCCOc3ccc4ccccc4c3)cc(C3CC3)nc21. The molecule has 0 bridgehead atoms. The highest BCUT2D eigenvalue weighted by molar-refractivity contribution is 6.05. The molecule has 1 N–H and O–H groups in total. The molecule has 158 valence electrons. The van der Waals surface area contributed by atoms with Crippen LogP contribution in [0.15, 0.2) is 54.7 Å². The van der Waals surface area contributed by atoms with Gasteiger partial charge in [-0.05, 0) is 55.7 Å². The van der Waals surface area contributed by atoms with Crippen LogP contribution in [0.4, 0.5) is 0 Å². The lowest BCUT2D eigenvalue weighted by Crippen LogP contribution is -2.28. The van der Waals surface area contributed by atoms with E-state index in [1.165, 1.54) is 5.39 Å². The van der Waals surface area contributed by atoms with Crippen molar-refractivity contribution < 1.29 is 9.53 Å². The maximum absolute atomic E-state index is 13.0. The van der Waals surface area contributed by atoms with E-state index in [0.717, 1.165) is 40.7 Å². The quantitative estimate of drug-likeness (QED) is 0.439. The van der Waals surface area contributed by atoms with Crippen molar-refractivity contribution in [2.24, 2.45) is 0 Å². The largest absolute Gasteiger partial charge is 0.492 e. The predicted octanol–water partition coefficient (Wildman–Crippen LogP) is 4.85. The number of nitrogens with zero attached hydrogens (tertiary/aromatic N) is 3. The number of ether oxygens (including phenoxy) is 1. The van der Waals surface area contributed by atoms with Crippen LogP contribution in [0.3, 0.4) is 0 Å². The fourth-order valence-corrected chi connectivity index (χ4v) is 3.88. The summed E-state index contributed by atoms with van der Waals surface area (Å²) in [5.74, 6) is 1.15. The second kappa shape index (κ2) is 8.02. The van der Waals surface area contributed by atoms with Gasteiger partial charge in [-0.25, -0.2) is 9.67 Å². The first-order valence-corrected chi connectivity index (χ1v) is 10.9. The minimum Gasteiger partial charge on any atom is -0.492 e. The van der Waals surface area contributed by atoms with Crippen LogP contribution in [0.1, 0.15) is 54.7 Å². The number of pyridine rings is 1. The van der Waals surface area contributed by atoms with E-state index in [0.29, 0.717) is 24.6 Å². The van der Waals surface area contributed by atoms with Gasteiger partial charge in [-0.15, -0.1) is 0 Å². The number of hydrogen-bond donors (Lipinski definition) is 1. The molecule has 0 spiro atoms. The third kappa shape index (κ3) is 3.98. The Labute approximate surface area is 181 Å². The van der Waals surface area contributed by atoms with Crippen LogP contribution >= 0.6 is 0 Å². The minimum atomic E-state index is -0.111. The third-order valence-corrected chi connectivity index (χ3v) is 5.69. The Morgan fingerprint density at radius 1 is 1.16 bits per heavy atom. The normalized spacial score (nSPS) is 13.8. The van der Waals surface area contributed by atoms with Gasteiger partial charge in [0.15, 0.2) is 5.65 Å². The summed E-state index contributed by atoms with van der Waals surface area (Å²) in [6.45, 7) is 4.97. The molecular formula is C25H26N4O2. The van der Waals surface area contributed by atoms with Crippen LogP contribution in [0.2, 0.25) is 0 Å². The summed E-state index contributed by atoms with van der Waals surface area (Å²) in [6.07, 6.45) is 4.02. The van der Waals surface area contributed by atoms with E-state index in [4.69, 9.17) is 9.72 Å². The van der Waals surface area contributed by atoms with Crippen molar-refractivity contribution >= 4 is 27.7 Å². The van der Waals surface area contributed by atoms with Gasteiger partial charge in [0.25, 0.3) is 5.91 Å². The Morgan fingerprint density at radius 3 is 2.74 bits per heavy atom. The van der Waals surface area contributed by atoms with Gasteiger partial charge in [-0.2, -0.15) is 5.10 Å². The van der Waals surface area contributed by atoms with Gasteiger partial charge >= 0.3 is 0 Å². The van der Waals surface area contributed by atoms with Crippen molar-refractivity contribution in [1.82, 2.24) is 20.1 Å². The van der Waals surface area contributed by atoms with E-state index in [1.807, 2.05) is 41.1 Å². The highest BCUT2D eigenvalue weighted by Crippen LogP contribution is 2.40. The van der Waals surface area contributed by atoms with Crippen LogP contribution in [-0.4, -0.2) is 33.8 Å². The molecule has 1 saturated carbocycles. The third-order valence-electron chi connectivity index (χ3n) is 5.69. The van der Waals surface area contributed by atoms with Gasteiger partial charge in [-0.3, -0.25) is 4.79 Å². The molecule has 1 aliphatic rings. The molecule has 4 aromatic rings. The number of benzene rings is 2. The number of carbonyl (C=O) groups is 1. The van der Waals surface area contributed by atoms with Crippen molar-refractivity contribution in [2.45, 2.75) is 38.6 Å². The lowest BCUT2D eigenvalue weighted by Gasteiger charge is -2.11. The first kappa shape index (κ1) is 19.5. The zero-order valence-corrected chi connectivity index (χ0v) is 17.8. The van der Waals surface area contributed by atoms with E-state index in [-0.39, 0.29) is 11.9 Å². The van der Waals surface area contributed by atoms with E-state index in [2.05, 4.69) is 36.4 Å². The Balaban J connectivity index is 1.28. The second-order valence-electron chi connectivity index (χ2n) is 8.40. The molecule has 1 fully saturated rings. The molecule has 0 atom stereocenters. The van der Waals surface area contributed by atoms with E-state index in [1.54, 1.807) is 6.20 Å². The number of rotatable bonds is 7. The molecule has 6 nitrogen and oxygen atoms in total. The zero-order chi connectivity index (χ0) is 21.4. The van der Waals surface area contributed by atoms with Crippen LogP contribution in [0, 0.1) is 0 Å². The average Bonchev–Trinajstić information content (AvgIpc) is 3.54.